The fraction of sp³-hybridized carbons (Fsp3) is 0.533. The summed E-state index contributed by atoms with van der Waals surface area (Å²) in [4.78, 5) is 4.67. The highest BCUT2D eigenvalue weighted by Crippen LogP contribution is 2.40. The van der Waals surface area contributed by atoms with Crippen LogP contribution in [0.1, 0.15) is 50.4 Å². The molecule has 1 fully saturated rings. The third kappa shape index (κ3) is 2.15. The summed E-state index contributed by atoms with van der Waals surface area (Å²) in [6, 6.07) is 6.40. The lowest BCUT2D eigenvalue weighted by Gasteiger charge is -2.33. The van der Waals surface area contributed by atoms with Gasteiger partial charge in [0.1, 0.15) is 11.3 Å². The maximum atomic E-state index is 6.32. The standard InChI is InChI=1S/C15H18Cl2N2/c1-9(16)15-18-14-12(17)7-4-8-13(14)19(15)10(2)11-5-3-6-11/h4,7-11H,3,5-6H2,1-2H3. The van der Waals surface area contributed by atoms with Gasteiger partial charge in [0.2, 0.25) is 0 Å². The lowest BCUT2D eigenvalue weighted by molar-refractivity contribution is 0.223. The molecule has 1 aromatic heterocycles. The summed E-state index contributed by atoms with van der Waals surface area (Å²) in [7, 11) is 0. The molecule has 0 saturated heterocycles. The fourth-order valence-electron chi connectivity index (χ4n) is 2.94. The molecule has 1 saturated carbocycles. The van der Waals surface area contributed by atoms with E-state index >= 15 is 0 Å². The van der Waals surface area contributed by atoms with Gasteiger partial charge in [-0.25, -0.2) is 4.98 Å². The Labute approximate surface area is 123 Å². The Bertz CT molecular complexity index is 599. The molecule has 1 aliphatic rings. The van der Waals surface area contributed by atoms with Crippen molar-refractivity contribution < 1.29 is 0 Å². The summed E-state index contributed by atoms with van der Waals surface area (Å²) in [5.41, 5.74) is 1.98. The summed E-state index contributed by atoms with van der Waals surface area (Å²) >= 11 is 12.6. The highest BCUT2D eigenvalue weighted by atomic mass is 35.5. The van der Waals surface area contributed by atoms with Crippen LogP contribution in [0.4, 0.5) is 0 Å². The molecular formula is C15H18Cl2N2. The number of rotatable bonds is 3. The number of benzene rings is 1. The molecule has 1 heterocycles. The number of halogens is 2. The Morgan fingerprint density at radius 1 is 1.32 bits per heavy atom. The highest BCUT2D eigenvalue weighted by Gasteiger charge is 2.29. The zero-order valence-corrected chi connectivity index (χ0v) is 12.7. The van der Waals surface area contributed by atoms with Crippen LogP contribution < -0.4 is 0 Å². The van der Waals surface area contributed by atoms with Crippen LogP contribution >= 0.6 is 23.2 Å². The van der Waals surface area contributed by atoms with Crippen LogP contribution in [0.3, 0.4) is 0 Å². The summed E-state index contributed by atoms with van der Waals surface area (Å²) in [6.07, 6.45) is 3.95. The van der Waals surface area contributed by atoms with Crippen LogP contribution in [0, 0.1) is 5.92 Å². The van der Waals surface area contributed by atoms with Gasteiger partial charge in [0.05, 0.1) is 15.9 Å². The third-order valence-corrected chi connectivity index (χ3v) is 4.79. The molecule has 2 aromatic rings. The Balaban J connectivity index is 2.18. The summed E-state index contributed by atoms with van der Waals surface area (Å²) in [5, 5.41) is 0.599. The molecule has 1 aromatic carbocycles. The van der Waals surface area contributed by atoms with E-state index in [0.29, 0.717) is 11.1 Å². The average molecular weight is 297 g/mol. The van der Waals surface area contributed by atoms with Crippen LogP contribution in [0.2, 0.25) is 5.02 Å². The molecule has 0 N–H and O–H groups in total. The van der Waals surface area contributed by atoms with Gasteiger partial charge in [-0.15, -0.1) is 11.6 Å². The molecule has 102 valence electrons. The number of fused-ring (bicyclic) bond motifs is 1. The molecule has 4 heteroatoms. The minimum absolute atomic E-state index is 0.106. The van der Waals surface area contributed by atoms with Crippen LogP contribution in [0.5, 0.6) is 0 Å². The minimum atomic E-state index is -0.106. The van der Waals surface area contributed by atoms with Crippen molar-refractivity contribution in [3.05, 3.63) is 29.0 Å². The van der Waals surface area contributed by atoms with E-state index in [1.165, 1.54) is 19.3 Å². The van der Waals surface area contributed by atoms with Crippen molar-refractivity contribution in [1.82, 2.24) is 9.55 Å². The number of hydrogen-bond donors (Lipinski definition) is 0. The largest absolute Gasteiger partial charge is 0.324 e. The zero-order chi connectivity index (χ0) is 13.6. The molecule has 1 aliphatic carbocycles. The van der Waals surface area contributed by atoms with E-state index in [4.69, 9.17) is 23.2 Å². The number of alkyl halides is 1. The Morgan fingerprint density at radius 3 is 2.63 bits per heavy atom. The predicted molar refractivity (Wildman–Crippen MR) is 81.1 cm³/mol. The lowest BCUT2D eigenvalue weighted by Crippen LogP contribution is -2.24. The minimum Gasteiger partial charge on any atom is -0.324 e. The SMILES string of the molecule is CC(Cl)c1nc2c(Cl)cccc2n1C(C)C1CCC1. The number of para-hydroxylation sites is 1. The van der Waals surface area contributed by atoms with E-state index in [-0.39, 0.29) is 5.38 Å². The quantitative estimate of drug-likeness (QED) is 0.698. The van der Waals surface area contributed by atoms with Crippen molar-refractivity contribution in [2.75, 3.05) is 0 Å². The van der Waals surface area contributed by atoms with Gasteiger partial charge in [0.25, 0.3) is 0 Å². The van der Waals surface area contributed by atoms with E-state index in [0.717, 1.165) is 22.8 Å². The number of hydrogen-bond acceptors (Lipinski definition) is 1. The van der Waals surface area contributed by atoms with Gasteiger partial charge >= 0.3 is 0 Å². The second-order valence-electron chi connectivity index (χ2n) is 5.50. The molecule has 0 amide bonds. The van der Waals surface area contributed by atoms with Gasteiger partial charge < -0.3 is 4.57 Å². The molecule has 2 nitrogen and oxygen atoms in total. The maximum Gasteiger partial charge on any atom is 0.128 e. The highest BCUT2D eigenvalue weighted by molar-refractivity contribution is 6.35. The Kier molecular flexibility index (Phi) is 3.48. The first-order valence-corrected chi connectivity index (χ1v) is 7.71. The molecule has 0 bridgehead atoms. The monoisotopic (exact) mass is 296 g/mol. The smallest absolute Gasteiger partial charge is 0.128 e. The van der Waals surface area contributed by atoms with Gasteiger partial charge in [-0.3, -0.25) is 0 Å². The summed E-state index contributed by atoms with van der Waals surface area (Å²) in [6.45, 7) is 4.25. The van der Waals surface area contributed by atoms with E-state index in [1.54, 1.807) is 0 Å². The van der Waals surface area contributed by atoms with E-state index in [1.807, 2.05) is 19.1 Å². The second kappa shape index (κ2) is 4.99. The average Bonchev–Trinajstić information content (AvgIpc) is 2.67. The van der Waals surface area contributed by atoms with Crippen molar-refractivity contribution in [2.45, 2.75) is 44.5 Å². The van der Waals surface area contributed by atoms with Gasteiger partial charge in [0.15, 0.2) is 0 Å². The molecule has 2 unspecified atom stereocenters. The van der Waals surface area contributed by atoms with E-state index in [2.05, 4.69) is 22.5 Å². The first kappa shape index (κ1) is 13.3. The van der Waals surface area contributed by atoms with E-state index in [9.17, 15) is 0 Å². The van der Waals surface area contributed by atoms with Gasteiger partial charge in [0, 0.05) is 6.04 Å². The lowest BCUT2D eigenvalue weighted by atomic mass is 9.80. The predicted octanol–water partition coefficient (Wildman–Crippen LogP) is 5.35. The zero-order valence-electron chi connectivity index (χ0n) is 11.2. The number of aromatic nitrogens is 2. The summed E-state index contributed by atoms with van der Waals surface area (Å²) < 4.78 is 2.29. The van der Waals surface area contributed by atoms with Crippen LogP contribution in [0.15, 0.2) is 18.2 Å². The van der Waals surface area contributed by atoms with Gasteiger partial charge in [-0.2, -0.15) is 0 Å². The van der Waals surface area contributed by atoms with Crippen molar-refractivity contribution in [1.29, 1.82) is 0 Å². The molecule has 3 rings (SSSR count). The fourth-order valence-corrected chi connectivity index (χ4v) is 3.31. The normalized spacial score (nSPS) is 19.4. The Morgan fingerprint density at radius 2 is 2.05 bits per heavy atom. The first-order valence-electron chi connectivity index (χ1n) is 6.90. The summed E-state index contributed by atoms with van der Waals surface area (Å²) in [5.74, 6) is 1.68. The molecule has 0 radical (unpaired) electrons. The molecule has 0 aliphatic heterocycles. The Hall–Kier alpha value is -0.730. The topological polar surface area (TPSA) is 17.8 Å². The van der Waals surface area contributed by atoms with E-state index < -0.39 is 0 Å². The molecule has 19 heavy (non-hydrogen) atoms. The maximum absolute atomic E-state index is 6.32. The number of nitrogens with zero attached hydrogens (tertiary/aromatic N) is 2. The van der Waals surface area contributed by atoms with Crippen molar-refractivity contribution in [3.63, 3.8) is 0 Å². The van der Waals surface area contributed by atoms with Crippen LogP contribution in [-0.4, -0.2) is 9.55 Å². The van der Waals surface area contributed by atoms with Crippen molar-refractivity contribution in [3.8, 4) is 0 Å². The molecular weight excluding hydrogens is 279 g/mol. The third-order valence-electron chi connectivity index (χ3n) is 4.29. The first-order chi connectivity index (χ1) is 9.09. The van der Waals surface area contributed by atoms with Crippen molar-refractivity contribution in [2.24, 2.45) is 5.92 Å². The van der Waals surface area contributed by atoms with Crippen molar-refractivity contribution >= 4 is 34.2 Å². The second-order valence-corrected chi connectivity index (χ2v) is 6.56. The van der Waals surface area contributed by atoms with Crippen LogP contribution in [0.25, 0.3) is 11.0 Å². The molecule has 0 spiro atoms. The van der Waals surface area contributed by atoms with Gasteiger partial charge in [-0.1, -0.05) is 24.1 Å². The van der Waals surface area contributed by atoms with Gasteiger partial charge in [-0.05, 0) is 44.7 Å². The van der Waals surface area contributed by atoms with Crippen LogP contribution in [-0.2, 0) is 0 Å². The molecule has 2 atom stereocenters. The number of imidazole rings is 1.